The van der Waals surface area contributed by atoms with E-state index in [9.17, 15) is 4.79 Å². The van der Waals surface area contributed by atoms with Crippen LogP contribution in [0.1, 0.15) is 26.5 Å². The molecule has 4 N–H and O–H groups in total. The number of H-pyrrole nitrogens is 1. The first-order chi connectivity index (χ1) is 7.29. The first-order valence-electron chi connectivity index (χ1n) is 5.04. The number of nitrogens with one attached hydrogen (secondary N) is 2. The quantitative estimate of drug-likeness (QED) is 0.718. The Labute approximate surface area is 94.5 Å². The van der Waals surface area contributed by atoms with Gasteiger partial charge in [0.15, 0.2) is 5.82 Å². The highest BCUT2D eigenvalue weighted by atomic mass is 16.5. The SMILES string of the molecule is Cc1[nH]nc(NC(=O)COC(C)(C)C)c1N. The van der Waals surface area contributed by atoms with Gasteiger partial charge in [0.1, 0.15) is 6.61 Å². The van der Waals surface area contributed by atoms with Crippen molar-refractivity contribution in [1.29, 1.82) is 0 Å². The standard InChI is InChI=1S/C10H18N4O2/c1-6-8(11)9(14-13-6)12-7(15)5-16-10(2,3)4/h5,11H2,1-4H3,(H2,12,13,14,15). The Morgan fingerprint density at radius 3 is 2.62 bits per heavy atom. The first kappa shape index (κ1) is 12.5. The van der Waals surface area contributed by atoms with Crippen LogP contribution in [0.4, 0.5) is 11.5 Å². The number of nitrogens with zero attached hydrogens (tertiary/aromatic N) is 1. The van der Waals surface area contributed by atoms with Crippen molar-refractivity contribution in [1.82, 2.24) is 10.2 Å². The lowest BCUT2D eigenvalue weighted by Gasteiger charge is -2.18. The summed E-state index contributed by atoms with van der Waals surface area (Å²) in [7, 11) is 0. The van der Waals surface area contributed by atoms with E-state index in [0.717, 1.165) is 5.69 Å². The highest BCUT2D eigenvalue weighted by Crippen LogP contribution is 2.17. The zero-order chi connectivity index (χ0) is 12.3. The van der Waals surface area contributed by atoms with Gasteiger partial charge in [0, 0.05) is 0 Å². The number of carbonyl (C=O) groups is 1. The van der Waals surface area contributed by atoms with Gasteiger partial charge in [-0.15, -0.1) is 0 Å². The molecule has 0 radical (unpaired) electrons. The average molecular weight is 226 g/mol. The molecule has 0 fully saturated rings. The van der Waals surface area contributed by atoms with Gasteiger partial charge in [-0.3, -0.25) is 9.89 Å². The number of aryl methyl sites for hydroxylation is 1. The molecule has 1 rings (SSSR count). The van der Waals surface area contributed by atoms with Gasteiger partial charge in [-0.05, 0) is 27.7 Å². The number of aromatic amines is 1. The number of rotatable bonds is 3. The van der Waals surface area contributed by atoms with E-state index < -0.39 is 0 Å². The van der Waals surface area contributed by atoms with Crippen LogP contribution in [0.3, 0.4) is 0 Å². The van der Waals surface area contributed by atoms with Crippen LogP contribution < -0.4 is 11.1 Å². The number of ether oxygens (including phenoxy) is 1. The summed E-state index contributed by atoms with van der Waals surface area (Å²) in [6.07, 6.45) is 0. The van der Waals surface area contributed by atoms with Gasteiger partial charge in [-0.1, -0.05) is 0 Å². The molecule has 16 heavy (non-hydrogen) atoms. The third kappa shape index (κ3) is 3.54. The molecule has 0 bridgehead atoms. The van der Waals surface area contributed by atoms with Crippen molar-refractivity contribution in [2.45, 2.75) is 33.3 Å². The summed E-state index contributed by atoms with van der Waals surface area (Å²) in [5, 5.41) is 9.12. The van der Waals surface area contributed by atoms with Crippen molar-refractivity contribution in [2.75, 3.05) is 17.7 Å². The number of hydrogen-bond donors (Lipinski definition) is 3. The van der Waals surface area contributed by atoms with Gasteiger partial charge >= 0.3 is 0 Å². The molecule has 6 heteroatoms. The molecule has 0 aliphatic heterocycles. The van der Waals surface area contributed by atoms with Crippen LogP contribution in [0.5, 0.6) is 0 Å². The number of amides is 1. The highest BCUT2D eigenvalue weighted by molar-refractivity contribution is 5.93. The summed E-state index contributed by atoms with van der Waals surface area (Å²) < 4.78 is 5.32. The molecule has 90 valence electrons. The largest absolute Gasteiger partial charge is 0.394 e. The topological polar surface area (TPSA) is 93.0 Å². The summed E-state index contributed by atoms with van der Waals surface area (Å²) in [5.74, 6) is 0.0770. The van der Waals surface area contributed by atoms with E-state index in [1.54, 1.807) is 6.92 Å². The monoisotopic (exact) mass is 226 g/mol. The minimum Gasteiger partial charge on any atom is -0.394 e. The Kier molecular flexibility index (Phi) is 3.54. The Balaban J connectivity index is 2.49. The zero-order valence-electron chi connectivity index (χ0n) is 10.0. The highest BCUT2D eigenvalue weighted by Gasteiger charge is 2.15. The molecule has 0 aliphatic rings. The van der Waals surface area contributed by atoms with E-state index in [0.29, 0.717) is 11.5 Å². The molecule has 0 aromatic carbocycles. The van der Waals surface area contributed by atoms with E-state index in [1.165, 1.54) is 0 Å². The summed E-state index contributed by atoms with van der Waals surface area (Å²) in [6, 6.07) is 0. The summed E-state index contributed by atoms with van der Waals surface area (Å²) >= 11 is 0. The third-order valence-electron chi connectivity index (χ3n) is 1.89. The number of carbonyl (C=O) groups excluding carboxylic acids is 1. The number of aromatic nitrogens is 2. The molecule has 0 saturated carbocycles. The molecule has 0 unspecified atom stereocenters. The smallest absolute Gasteiger partial charge is 0.251 e. The summed E-state index contributed by atoms with van der Waals surface area (Å²) in [5.41, 5.74) is 6.52. The Bertz CT molecular complexity index is 379. The van der Waals surface area contributed by atoms with E-state index >= 15 is 0 Å². The second-order valence-corrected chi connectivity index (χ2v) is 4.56. The van der Waals surface area contributed by atoms with Crippen LogP contribution in [0.2, 0.25) is 0 Å². The van der Waals surface area contributed by atoms with Gasteiger partial charge in [-0.25, -0.2) is 0 Å². The fraction of sp³-hybridized carbons (Fsp3) is 0.600. The minimum absolute atomic E-state index is 0.0190. The zero-order valence-corrected chi connectivity index (χ0v) is 10.0. The lowest BCUT2D eigenvalue weighted by Crippen LogP contribution is -2.27. The molecule has 0 saturated heterocycles. The lowest BCUT2D eigenvalue weighted by molar-refractivity contribution is -0.125. The molecular formula is C10H18N4O2. The maximum Gasteiger partial charge on any atom is 0.251 e. The molecule has 1 heterocycles. The molecule has 0 aliphatic carbocycles. The van der Waals surface area contributed by atoms with Gasteiger partial charge in [-0.2, -0.15) is 5.10 Å². The molecular weight excluding hydrogens is 208 g/mol. The van der Waals surface area contributed by atoms with Crippen molar-refractivity contribution in [3.05, 3.63) is 5.69 Å². The van der Waals surface area contributed by atoms with Crippen LogP contribution in [0, 0.1) is 6.92 Å². The van der Waals surface area contributed by atoms with Crippen molar-refractivity contribution in [3.63, 3.8) is 0 Å². The Morgan fingerprint density at radius 2 is 2.19 bits per heavy atom. The molecule has 6 nitrogen and oxygen atoms in total. The van der Waals surface area contributed by atoms with Crippen LogP contribution in [0.25, 0.3) is 0 Å². The number of hydrogen-bond acceptors (Lipinski definition) is 4. The van der Waals surface area contributed by atoms with E-state index in [1.807, 2.05) is 20.8 Å². The summed E-state index contributed by atoms with van der Waals surface area (Å²) in [4.78, 5) is 11.5. The molecule has 0 atom stereocenters. The van der Waals surface area contributed by atoms with Gasteiger partial charge in [0.25, 0.3) is 5.91 Å². The van der Waals surface area contributed by atoms with Crippen molar-refractivity contribution < 1.29 is 9.53 Å². The Hall–Kier alpha value is -1.56. The minimum atomic E-state index is -0.343. The normalized spacial score (nSPS) is 11.5. The van der Waals surface area contributed by atoms with Gasteiger partial charge < -0.3 is 15.8 Å². The predicted octanol–water partition coefficient (Wildman–Crippen LogP) is 1.05. The lowest BCUT2D eigenvalue weighted by atomic mass is 10.2. The number of anilines is 2. The van der Waals surface area contributed by atoms with Crippen molar-refractivity contribution in [3.8, 4) is 0 Å². The maximum absolute atomic E-state index is 11.5. The average Bonchev–Trinajstić information content (AvgIpc) is 2.46. The number of nitrogen functional groups attached to an aromatic ring is 1. The first-order valence-corrected chi connectivity index (χ1v) is 5.04. The van der Waals surface area contributed by atoms with Gasteiger partial charge in [0.05, 0.1) is 17.0 Å². The summed E-state index contributed by atoms with van der Waals surface area (Å²) in [6.45, 7) is 7.41. The van der Waals surface area contributed by atoms with Gasteiger partial charge in [0.2, 0.25) is 0 Å². The predicted molar refractivity (Wildman–Crippen MR) is 62.1 cm³/mol. The van der Waals surface area contributed by atoms with Crippen LogP contribution >= 0.6 is 0 Å². The molecule has 0 spiro atoms. The fourth-order valence-corrected chi connectivity index (χ4v) is 0.983. The van der Waals surface area contributed by atoms with Crippen LogP contribution in [-0.4, -0.2) is 28.3 Å². The fourth-order valence-electron chi connectivity index (χ4n) is 0.983. The van der Waals surface area contributed by atoms with Crippen molar-refractivity contribution >= 4 is 17.4 Å². The Morgan fingerprint density at radius 1 is 1.56 bits per heavy atom. The maximum atomic E-state index is 11.5. The number of nitrogens with two attached hydrogens (primary N) is 1. The van der Waals surface area contributed by atoms with E-state index in [2.05, 4.69) is 15.5 Å². The second kappa shape index (κ2) is 4.52. The molecule has 1 aromatic heterocycles. The second-order valence-electron chi connectivity index (χ2n) is 4.56. The van der Waals surface area contributed by atoms with E-state index in [-0.39, 0.29) is 18.1 Å². The van der Waals surface area contributed by atoms with Crippen molar-refractivity contribution in [2.24, 2.45) is 0 Å². The molecule has 1 amide bonds. The van der Waals surface area contributed by atoms with Crippen LogP contribution in [-0.2, 0) is 9.53 Å². The van der Waals surface area contributed by atoms with E-state index in [4.69, 9.17) is 10.5 Å². The van der Waals surface area contributed by atoms with Crippen LogP contribution in [0.15, 0.2) is 0 Å². The third-order valence-corrected chi connectivity index (χ3v) is 1.89. The molecule has 1 aromatic rings.